The second-order valence-corrected chi connectivity index (χ2v) is 0.454. The van der Waals surface area contributed by atoms with Gasteiger partial charge in [-0.2, -0.15) is 0 Å². The van der Waals surface area contributed by atoms with E-state index in [1.807, 2.05) is 5.43 Å². The number of hydrogen-bond acceptors (Lipinski definition) is 3. The van der Waals surface area contributed by atoms with Crippen LogP contribution in [0.15, 0.2) is 5.29 Å². The molecule has 0 fully saturated rings. The molecule has 0 bridgehead atoms. The lowest BCUT2D eigenvalue weighted by molar-refractivity contribution is 0.753. The van der Waals surface area contributed by atoms with E-state index >= 15 is 0 Å². The van der Waals surface area contributed by atoms with Gasteiger partial charge >= 0.3 is 0 Å². The number of nitrogens with one attached hydrogen (secondary N) is 1. The van der Waals surface area contributed by atoms with Crippen molar-refractivity contribution in [2.45, 2.75) is 0 Å². The Balaban J connectivity index is 2.40. The molecule has 0 aliphatic rings. The van der Waals surface area contributed by atoms with E-state index < -0.39 is 0 Å². The molecule has 0 rings (SSSR count). The lowest BCUT2D eigenvalue weighted by Gasteiger charge is -1.77. The molecule has 0 aromatic rings. The molecule has 0 radical (unpaired) electrons. The summed E-state index contributed by atoms with van der Waals surface area (Å²) in [6, 6.07) is 0. The van der Waals surface area contributed by atoms with E-state index in [2.05, 4.69) is 5.29 Å². The normalized spacial score (nSPS) is 6.60. The third kappa shape index (κ3) is 3.36. The van der Waals surface area contributed by atoms with Crippen molar-refractivity contribution in [1.82, 2.24) is 5.43 Å². The number of nitrogens with two attached hydrogens (primary N) is 1. The second kappa shape index (κ2) is 3.36. The molecule has 0 heterocycles. The fraction of sp³-hybridized carbons (Fsp3) is 1.00. The molecule has 0 saturated heterocycles. The van der Waals surface area contributed by atoms with Gasteiger partial charge in [0.05, 0.1) is 12.0 Å². The van der Waals surface area contributed by atoms with Crippen molar-refractivity contribution in [1.29, 1.82) is 0 Å². The van der Waals surface area contributed by atoms with Crippen LogP contribution in [0.5, 0.6) is 0 Å². The van der Waals surface area contributed by atoms with E-state index in [4.69, 9.17) is 10.6 Å². The average molecular weight is 75.1 g/mol. The van der Waals surface area contributed by atoms with Crippen LogP contribution in [0.2, 0.25) is 0 Å². The van der Waals surface area contributed by atoms with Crippen LogP contribution in [0, 0.1) is 4.91 Å². The molecule has 0 aromatic heterocycles. The number of nitrogens with zero attached hydrogens (tertiary/aromatic N) is 1. The minimum absolute atomic E-state index is 0.115. The molecule has 0 aliphatic carbocycles. The van der Waals surface area contributed by atoms with Crippen molar-refractivity contribution in [3.05, 3.63) is 4.91 Å². The molecule has 0 aliphatic heterocycles. The molecule has 0 atom stereocenters. The smallest absolute Gasteiger partial charge is 0.0830 e. The Kier molecular flexibility index (Phi) is 2.93. The first-order valence-electron chi connectivity index (χ1n) is 1.17. The van der Waals surface area contributed by atoms with E-state index in [0.29, 0.717) is 0 Å². The molecular formula is CH5N3O. The molecule has 0 spiro atoms. The first kappa shape index (κ1) is 4.36. The average Bonchev–Trinajstić information content (AvgIpc) is 1.41. The summed E-state index contributed by atoms with van der Waals surface area (Å²) >= 11 is 0. The van der Waals surface area contributed by atoms with Crippen LogP contribution in [0.25, 0.3) is 0 Å². The second-order valence-electron chi connectivity index (χ2n) is 0.454. The largest absolute Gasteiger partial charge is 0.313 e. The van der Waals surface area contributed by atoms with Gasteiger partial charge in [-0.1, -0.05) is 0 Å². The molecule has 0 aromatic carbocycles. The lowest BCUT2D eigenvalue weighted by Crippen LogP contribution is -2.14. The monoisotopic (exact) mass is 75.0 g/mol. The van der Waals surface area contributed by atoms with Gasteiger partial charge in [-0.25, -0.2) is 0 Å². The van der Waals surface area contributed by atoms with Gasteiger partial charge in [-0.3, -0.25) is 5.43 Å². The highest BCUT2D eigenvalue weighted by Crippen LogP contribution is 1.38. The summed E-state index contributed by atoms with van der Waals surface area (Å²) in [5.41, 5.74) is 6.69. The Morgan fingerprint density at radius 2 is 2.60 bits per heavy atom. The van der Waals surface area contributed by atoms with Crippen LogP contribution < -0.4 is 11.2 Å². The van der Waals surface area contributed by atoms with Gasteiger partial charge < -0.3 is 5.73 Å². The van der Waals surface area contributed by atoms with E-state index in [0.717, 1.165) is 0 Å². The van der Waals surface area contributed by atoms with Gasteiger partial charge in [0.25, 0.3) is 0 Å². The van der Waals surface area contributed by atoms with Crippen LogP contribution in [-0.4, -0.2) is 6.67 Å². The zero-order chi connectivity index (χ0) is 4.12. The maximum Gasteiger partial charge on any atom is 0.0830 e. The minimum Gasteiger partial charge on any atom is -0.313 e. The maximum atomic E-state index is 8.96. The van der Waals surface area contributed by atoms with Crippen molar-refractivity contribution in [3.8, 4) is 0 Å². The SMILES string of the molecule is NCNN=O. The van der Waals surface area contributed by atoms with Gasteiger partial charge in [0.2, 0.25) is 0 Å². The Morgan fingerprint density at radius 1 is 2.00 bits per heavy atom. The highest BCUT2D eigenvalue weighted by Gasteiger charge is 1.58. The van der Waals surface area contributed by atoms with Crippen LogP contribution in [-0.2, 0) is 0 Å². The molecule has 4 heteroatoms. The lowest BCUT2D eigenvalue weighted by atomic mass is 11.2. The Hall–Kier alpha value is -0.640. The van der Waals surface area contributed by atoms with E-state index in [1.165, 1.54) is 0 Å². The quantitative estimate of drug-likeness (QED) is 0.256. The summed E-state index contributed by atoms with van der Waals surface area (Å²) in [7, 11) is 0. The zero-order valence-electron chi connectivity index (χ0n) is 2.64. The molecule has 4 nitrogen and oxygen atoms in total. The van der Waals surface area contributed by atoms with Gasteiger partial charge in [0.15, 0.2) is 0 Å². The highest BCUT2D eigenvalue weighted by molar-refractivity contribution is 4.18. The van der Waals surface area contributed by atoms with Crippen LogP contribution in [0.4, 0.5) is 0 Å². The molecule has 0 saturated carbocycles. The summed E-state index contributed by atoms with van der Waals surface area (Å²) in [6.07, 6.45) is 0. The predicted molar refractivity (Wildman–Crippen MR) is 18.0 cm³/mol. The molecule has 0 unspecified atom stereocenters. The first-order chi connectivity index (χ1) is 2.41. The van der Waals surface area contributed by atoms with Crippen molar-refractivity contribution < 1.29 is 0 Å². The van der Waals surface area contributed by atoms with Crippen LogP contribution >= 0.6 is 0 Å². The third-order valence-electron chi connectivity index (χ3n) is 0.156. The fourth-order valence-electron chi connectivity index (χ4n) is 0.0373. The summed E-state index contributed by atoms with van der Waals surface area (Å²) in [5.74, 6) is 0. The minimum atomic E-state index is 0.115. The summed E-state index contributed by atoms with van der Waals surface area (Å²) in [4.78, 5) is 8.96. The fourth-order valence-corrected chi connectivity index (χ4v) is 0.0373. The Morgan fingerprint density at radius 3 is 2.60 bits per heavy atom. The molecule has 0 amide bonds. The van der Waals surface area contributed by atoms with Gasteiger partial charge in [-0.15, -0.1) is 4.91 Å². The first-order valence-corrected chi connectivity index (χ1v) is 1.17. The molecule has 5 heavy (non-hydrogen) atoms. The van der Waals surface area contributed by atoms with Crippen molar-refractivity contribution >= 4 is 0 Å². The van der Waals surface area contributed by atoms with Crippen LogP contribution in [0.3, 0.4) is 0 Å². The topological polar surface area (TPSA) is 67.5 Å². The summed E-state index contributed by atoms with van der Waals surface area (Å²) < 4.78 is 0. The van der Waals surface area contributed by atoms with Crippen molar-refractivity contribution in [2.75, 3.05) is 6.67 Å². The predicted octanol–water partition coefficient (Wildman–Crippen LogP) is -0.826. The Labute approximate surface area is 29.3 Å². The molecule has 30 valence electrons. The third-order valence-corrected chi connectivity index (χ3v) is 0.156. The van der Waals surface area contributed by atoms with Gasteiger partial charge in [0, 0.05) is 0 Å². The van der Waals surface area contributed by atoms with Crippen LogP contribution in [0.1, 0.15) is 0 Å². The zero-order valence-corrected chi connectivity index (χ0v) is 2.64. The Bertz CT molecular complexity index is 28.1. The number of hydrogen-bond donors (Lipinski definition) is 2. The van der Waals surface area contributed by atoms with E-state index in [9.17, 15) is 0 Å². The van der Waals surface area contributed by atoms with Crippen molar-refractivity contribution in [2.24, 2.45) is 11.0 Å². The van der Waals surface area contributed by atoms with E-state index in [-0.39, 0.29) is 6.67 Å². The number of rotatable bonds is 2. The van der Waals surface area contributed by atoms with Gasteiger partial charge in [-0.05, 0) is 0 Å². The van der Waals surface area contributed by atoms with E-state index in [1.54, 1.807) is 0 Å². The van der Waals surface area contributed by atoms with Gasteiger partial charge in [0.1, 0.15) is 0 Å². The summed E-state index contributed by atoms with van der Waals surface area (Å²) in [5, 5.41) is 2.23. The highest BCUT2D eigenvalue weighted by atomic mass is 16.3. The molecule has 3 N–H and O–H groups in total. The molecular weight excluding hydrogens is 70.0 g/mol. The number of nitroso groups, excluding NO2 is 1. The maximum absolute atomic E-state index is 8.96. The standard InChI is InChI=1S/CH5N3O/c2-1-3-4-5/h1-2H2,(H,3,5). The van der Waals surface area contributed by atoms with Crippen molar-refractivity contribution in [3.63, 3.8) is 0 Å². The summed E-state index contributed by atoms with van der Waals surface area (Å²) in [6.45, 7) is 0.115.